The summed E-state index contributed by atoms with van der Waals surface area (Å²) >= 11 is 4.30. The number of anilines is 1. The summed E-state index contributed by atoms with van der Waals surface area (Å²) in [5.74, 6) is 0.619. The molecule has 114 valence electrons. The summed E-state index contributed by atoms with van der Waals surface area (Å²) in [6.07, 6.45) is 0.831. The Kier molecular flexibility index (Phi) is 4.96. The molecule has 0 radical (unpaired) electrons. The largest absolute Gasteiger partial charge is 0.356 e. The molecule has 3 aromatic rings. The van der Waals surface area contributed by atoms with E-state index in [0.717, 1.165) is 31.6 Å². The van der Waals surface area contributed by atoms with Crippen LogP contribution in [0.15, 0.2) is 32.9 Å². The number of aromatic nitrogens is 4. The Bertz CT molecular complexity index is 740. The smallest absolute Gasteiger partial charge is 0.206 e. The molecule has 2 heterocycles. The van der Waals surface area contributed by atoms with Gasteiger partial charge < -0.3 is 5.32 Å². The molecule has 9 heteroatoms. The normalized spacial score (nSPS) is 10.8. The highest BCUT2D eigenvalue weighted by Crippen LogP contribution is 2.32. The Balaban J connectivity index is 1.57. The highest BCUT2D eigenvalue weighted by atomic mass is 32.2. The van der Waals surface area contributed by atoms with Crippen LogP contribution in [0.25, 0.3) is 0 Å². The number of hydrogen-bond donors (Lipinski definition) is 1. The first-order valence-electron chi connectivity index (χ1n) is 6.55. The second kappa shape index (κ2) is 7.12. The quantitative estimate of drug-likeness (QED) is 0.726. The zero-order chi connectivity index (χ0) is 15.4. The maximum atomic E-state index is 12.8. The molecule has 22 heavy (non-hydrogen) atoms. The van der Waals surface area contributed by atoms with Crippen molar-refractivity contribution in [2.75, 3.05) is 5.32 Å². The van der Waals surface area contributed by atoms with Crippen molar-refractivity contribution in [2.24, 2.45) is 0 Å². The molecule has 0 atom stereocenters. The van der Waals surface area contributed by atoms with E-state index >= 15 is 0 Å². The summed E-state index contributed by atoms with van der Waals surface area (Å²) in [6, 6.07) is 6.37. The summed E-state index contributed by atoms with van der Waals surface area (Å²) in [5.41, 5.74) is 0.988. The Morgan fingerprint density at radius 1 is 1.18 bits per heavy atom. The van der Waals surface area contributed by atoms with Gasteiger partial charge in [-0.1, -0.05) is 30.4 Å². The third kappa shape index (κ3) is 3.99. The highest BCUT2D eigenvalue weighted by Gasteiger charge is 2.09. The van der Waals surface area contributed by atoms with E-state index in [2.05, 4.69) is 24.9 Å². The van der Waals surface area contributed by atoms with E-state index in [-0.39, 0.29) is 5.82 Å². The molecule has 1 aromatic carbocycles. The second-order valence-corrected chi connectivity index (χ2v) is 7.51. The number of halogens is 1. The molecular formula is C13H12FN5S3. The van der Waals surface area contributed by atoms with Crippen molar-refractivity contribution in [1.82, 2.24) is 19.6 Å². The fraction of sp³-hybridized carbons (Fsp3) is 0.231. The van der Waals surface area contributed by atoms with Crippen molar-refractivity contribution in [3.8, 4) is 0 Å². The van der Waals surface area contributed by atoms with Crippen LogP contribution in [0.5, 0.6) is 0 Å². The fourth-order valence-electron chi connectivity index (χ4n) is 1.60. The zero-order valence-electron chi connectivity index (χ0n) is 11.6. The Labute approximate surface area is 139 Å². The molecule has 0 amide bonds. The molecule has 0 saturated carbocycles. The van der Waals surface area contributed by atoms with Gasteiger partial charge in [0.1, 0.15) is 11.6 Å². The molecule has 3 rings (SSSR count). The number of benzene rings is 1. The van der Waals surface area contributed by atoms with Gasteiger partial charge in [-0.05, 0) is 41.0 Å². The van der Waals surface area contributed by atoms with Crippen LogP contribution in [-0.2, 0) is 13.0 Å². The maximum Gasteiger partial charge on any atom is 0.206 e. The lowest BCUT2D eigenvalue weighted by atomic mass is 10.2. The monoisotopic (exact) mass is 353 g/mol. The molecule has 1 N–H and O–H groups in total. The van der Waals surface area contributed by atoms with Gasteiger partial charge in [-0.2, -0.15) is 4.37 Å². The Morgan fingerprint density at radius 3 is 2.73 bits per heavy atom. The Morgan fingerprint density at radius 2 is 2.00 bits per heavy atom. The van der Waals surface area contributed by atoms with Crippen LogP contribution in [0.3, 0.4) is 0 Å². The van der Waals surface area contributed by atoms with Crippen molar-refractivity contribution < 1.29 is 4.39 Å². The molecule has 0 aliphatic carbocycles. The number of aryl methyl sites for hydroxylation is 1. The highest BCUT2D eigenvalue weighted by molar-refractivity contribution is 8.02. The van der Waals surface area contributed by atoms with E-state index in [4.69, 9.17) is 0 Å². The van der Waals surface area contributed by atoms with E-state index in [1.165, 1.54) is 46.8 Å². The lowest BCUT2D eigenvalue weighted by Crippen LogP contribution is -1.98. The minimum Gasteiger partial charge on any atom is -0.356 e. The molecule has 0 bridgehead atoms. The second-order valence-electron chi connectivity index (χ2n) is 4.29. The number of rotatable bonds is 6. The van der Waals surface area contributed by atoms with Crippen LogP contribution in [0.1, 0.15) is 18.3 Å². The summed E-state index contributed by atoms with van der Waals surface area (Å²) in [7, 11) is 0. The van der Waals surface area contributed by atoms with Gasteiger partial charge in [0.2, 0.25) is 5.13 Å². The van der Waals surface area contributed by atoms with Gasteiger partial charge in [-0.25, -0.2) is 9.37 Å². The van der Waals surface area contributed by atoms with Gasteiger partial charge in [0.15, 0.2) is 8.68 Å². The van der Waals surface area contributed by atoms with Crippen LogP contribution in [0, 0.1) is 5.82 Å². The van der Waals surface area contributed by atoms with Crippen LogP contribution < -0.4 is 5.32 Å². The number of nitrogens with zero attached hydrogens (tertiary/aromatic N) is 4. The van der Waals surface area contributed by atoms with Gasteiger partial charge in [0, 0.05) is 13.0 Å². The molecule has 0 saturated heterocycles. The van der Waals surface area contributed by atoms with Crippen molar-refractivity contribution in [2.45, 2.75) is 28.6 Å². The van der Waals surface area contributed by atoms with E-state index in [1.807, 2.05) is 6.92 Å². The average Bonchev–Trinajstić information content (AvgIpc) is 3.16. The maximum absolute atomic E-state index is 12.8. The minimum atomic E-state index is -0.234. The number of hydrogen-bond acceptors (Lipinski definition) is 8. The molecule has 0 fully saturated rings. The van der Waals surface area contributed by atoms with E-state index in [9.17, 15) is 4.39 Å². The molecule has 0 unspecified atom stereocenters. The minimum absolute atomic E-state index is 0.234. The topological polar surface area (TPSA) is 63.6 Å². The van der Waals surface area contributed by atoms with Crippen molar-refractivity contribution in [3.63, 3.8) is 0 Å². The first-order chi connectivity index (χ1) is 10.7. The van der Waals surface area contributed by atoms with Crippen molar-refractivity contribution in [1.29, 1.82) is 0 Å². The van der Waals surface area contributed by atoms with Crippen LogP contribution >= 0.6 is 34.6 Å². The molecular weight excluding hydrogens is 341 g/mol. The SMILES string of the molecule is CCc1nsc(Sc2nnc(NCc3ccc(F)cc3)s2)n1. The summed E-state index contributed by atoms with van der Waals surface area (Å²) in [6.45, 7) is 2.61. The van der Waals surface area contributed by atoms with E-state index in [1.54, 1.807) is 12.1 Å². The van der Waals surface area contributed by atoms with Crippen molar-refractivity contribution in [3.05, 3.63) is 41.5 Å². The predicted molar refractivity (Wildman–Crippen MR) is 87.0 cm³/mol. The van der Waals surface area contributed by atoms with Crippen LogP contribution in [0.4, 0.5) is 9.52 Å². The van der Waals surface area contributed by atoms with Gasteiger partial charge in [0.25, 0.3) is 0 Å². The molecule has 0 aliphatic heterocycles. The third-order valence-electron chi connectivity index (χ3n) is 2.70. The Hall–Kier alpha value is -1.58. The lowest BCUT2D eigenvalue weighted by molar-refractivity contribution is 0.627. The number of nitrogens with one attached hydrogen (secondary N) is 1. The first-order valence-corrected chi connectivity index (χ1v) is 8.96. The fourth-order valence-corrected chi connectivity index (χ4v) is 4.25. The summed E-state index contributed by atoms with van der Waals surface area (Å²) in [4.78, 5) is 4.39. The van der Waals surface area contributed by atoms with Gasteiger partial charge in [-0.15, -0.1) is 10.2 Å². The third-order valence-corrected chi connectivity index (χ3v) is 5.42. The molecule has 5 nitrogen and oxygen atoms in total. The molecule has 0 aliphatic rings. The van der Waals surface area contributed by atoms with E-state index in [0.29, 0.717) is 6.54 Å². The molecule has 2 aromatic heterocycles. The van der Waals surface area contributed by atoms with Gasteiger partial charge in [-0.3, -0.25) is 0 Å². The molecule has 0 spiro atoms. The van der Waals surface area contributed by atoms with Gasteiger partial charge >= 0.3 is 0 Å². The average molecular weight is 353 g/mol. The summed E-state index contributed by atoms with van der Waals surface area (Å²) in [5, 5.41) is 12.1. The lowest BCUT2D eigenvalue weighted by Gasteiger charge is -2.01. The predicted octanol–water partition coefficient (Wildman–Crippen LogP) is 3.85. The standard InChI is InChI=1S/C13H12FN5S3/c1-2-10-16-12(22-19-10)21-13-18-17-11(20-13)15-7-8-3-5-9(14)6-4-8/h3-6H,2,7H2,1H3,(H,15,17). The zero-order valence-corrected chi connectivity index (χ0v) is 14.1. The van der Waals surface area contributed by atoms with Crippen LogP contribution in [0.2, 0.25) is 0 Å². The summed E-state index contributed by atoms with van der Waals surface area (Å²) < 4.78 is 18.8. The van der Waals surface area contributed by atoms with Crippen molar-refractivity contribution >= 4 is 39.8 Å². The van der Waals surface area contributed by atoms with Gasteiger partial charge in [0.05, 0.1) is 0 Å². The van der Waals surface area contributed by atoms with Crippen LogP contribution in [-0.4, -0.2) is 19.6 Å². The first kappa shape index (κ1) is 15.3. The van der Waals surface area contributed by atoms with E-state index < -0.39 is 0 Å².